The second kappa shape index (κ2) is 8.86. The summed E-state index contributed by atoms with van der Waals surface area (Å²) in [6, 6.07) is 3.34. The second-order valence-electron chi connectivity index (χ2n) is 8.54. The Morgan fingerprint density at radius 1 is 1.32 bits per heavy atom. The third-order valence-corrected chi connectivity index (χ3v) is 6.09. The molecule has 1 aromatic heterocycles. The van der Waals surface area contributed by atoms with Crippen LogP contribution in [0.15, 0.2) is 24.5 Å². The van der Waals surface area contributed by atoms with Gasteiger partial charge >= 0.3 is 5.97 Å². The zero-order chi connectivity index (χ0) is 20.4. The first-order valence-electron chi connectivity index (χ1n) is 10.2. The fraction of sp³-hybridized carbons (Fsp3) is 0.714. The standard InChI is InChI=1S/C21H32NO6/c1-12(2)15-7-6-13(3)9-16(15)28-21(26)14-5-4-8-22(10-14)20-19(25)18(24)17(11-23)27-20/h4-5,8,10,12-13,15-20,23-25H,6-7,9,11H2,1-3H3/q+1/t13?,15?,16?,17-,18-,19-,20-/m1/s1. The summed E-state index contributed by atoms with van der Waals surface area (Å²) in [7, 11) is 0. The summed E-state index contributed by atoms with van der Waals surface area (Å²) in [5, 5.41) is 29.4. The minimum atomic E-state index is -1.20. The van der Waals surface area contributed by atoms with E-state index in [0.29, 0.717) is 23.3 Å². The molecule has 1 aliphatic carbocycles. The minimum absolute atomic E-state index is 0.0983. The van der Waals surface area contributed by atoms with Crippen LogP contribution in [0.2, 0.25) is 0 Å². The molecule has 1 saturated heterocycles. The molecular weight excluding hydrogens is 362 g/mol. The largest absolute Gasteiger partial charge is 0.458 e. The van der Waals surface area contributed by atoms with Gasteiger partial charge in [0.15, 0.2) is 18.5 Å². The van der Waals surface area contributed by atoms with Gasteiger partial charge in [0.2, 0.25) is 0 Å². The molecule has 0 aromatic carbocycles. The summed E-state index contributed by atoms with van der Waals surface area (Å²) in [5.41, 5.74) is 0.362. The van der Waals surface area contributed by atoms with Gasteiger partial charge in [-0.05, 0) is 36.7 Å². The van der Waals surface area contributed by atoms with Gasteiger partial charge in [0.25, 0.3) is 6.23 Å². The third-order valence-electron chi connectivity index (χ3n) is 6.09. The third kappa shape index (κ3) is 4.38. The number of ether oxygens (including phenoxy) is 2. The topological polar surface area (TPSA) is 100 Å². The van der Waals surface area contributed by atoms with Crippen LogP contribution < -0.4 is 4.57 Å². The molecule has 156 valence electrons. The van der Waals surface area contributed by atoms with Crippen molar-refractivity contribution in [2.75, 3.05) is 6.61 Å². The highest BCUT2D eigenvalue weighted by Crippen LogP contribution is 2.35. The van der Waals surface area contributed by atoms with E-state index in [-0.39, 0.29) is 6.10 Å². The Balaban J connectivity index is 1.73. The van der Waals surface area contributed by atoms with E-state index in [1.54, 1.807) is 24.5 Å². The maximum absolute atomic E-state index is 12.8. The number of esters is 1. The highest BCUT2D eigenvalue weighted by molar-refractivity contribution is 5.88. The molecule has 28 heavy (non-hydrogen) atoms. The number of rotatable bonds is 5. The Kier molecular flexibility index (Phi) is 6.70. The van der Waals surface area contributed by atoms with Gasteiger partial charge < -0.3 is 24.8 Å². The van der Waals surface area contributed by atoms with Gasteiger partial charge in [-0.1, -0.05) is 27.2 Å². The zero-order valence-electron chi connectivity index (χ0n) is 16.8. The summed E-state index contributed by atoms with van der Waals surface area (Å²) in [6.07, 6.45) is 2.08. The van der Waals surface area contributed by atoms with Crippen molar-refractivity contribution >= 4 is 5.97 Å². The molecule has 3 N–H and O–H groups in total. The normalized spacial score (nSPS) is 35.9. The number of hydrogen-bond donors (Lipinski definition) is 3. The lowest BCUT2D eigenvalue weighted by molar-refractivity contribution is -0.765. The number of aliphatic hydroxyl groups excluding tert-OH is 3. The highest BCUT2D eigenvalue weighted by Gasteiger charge is 2.48. The van der Waals surface area contributed by atoms with Crippen LogP contribution in [0, 0.1) is 17.8 Å². The van der Waals surface area contributed by atoms with Gasteiger partial charge in [-0.25, -0.2) is 4.79 Å². The maximum Gasteiger partial charge on any atom is 0.344 e. The van der Waals surface area contributed by atoms with Crippen molar-refractivity contribution in [3.8, 4) is 0 Å². The van der Waals surface area contributed by atoms with E-state index < -0.39 is 37.1 Å². The maximum atomic E-state index is 12.8. The van der Waals surface area contributed by atoms with E-state index in [1.165, 1.54) is 4.57 Å². The number of nitrogens with zero attached hydrogens (tertiary/aromatic N) is 1. The van der Waals surface area contributed by atoms with E-state index in [2.05, 4.69) is 20.8 Å². The smallest absolute Gasteiger partial charge is 0.344 e. The predicted octanol–water partition coefficient (Wildman–Crippen LogP) is 1.20. The Labute approximate surface area is 165 Å². The van der Waals surface area contributed by atoms with E-state index in [1.807, 2.05) is 0 Å². The molecule has 1 aliphatic heterocycles. The molecule has 3 rings (SSSR count). The van der Waals surface area contributed by atoms with Crippen LogP contribution in [0.25, 0.3) is 0 Å². The summed E-state index contributed by atoms with van der Waals surface area (Å²) in [6.45, 7) is 6.13. The van der Waals surface area contributed by atoms with E-state index in [9.17, 15) is 20.1 Å². The number of aromatic nitrogens is 1. The first kappa shape index (κ1) is 21.2. The lowest BCUT2D eigenvalue weighted by Crippen LogP contribution is -2.46. The fourth-order valence-corrected chi connectivity index (χ4v) is 4.35. The lowest BCUT2D eigenvalue weighted by Gasteiger charge is -2.36. The van der Waals surface area contributed by atoms with Crippen molar-refractivity contribution in [2.45, 2.75) is 70.7 Å². The molecule has 1 aromatic rings. The molecule has 0 spiro atoms. The van der Waals surface area contributed by atoms with Gasteiger partial charge in [0.05, 0.1) is 6.61 Å². The van der Waals surface area contributed by atoms with Crippen molar-refractivity contribution in [1.29, 1.82) is 0 Å². The van der Waals surface area contributed by atoms with Crippen LogP contribution in [0.5, 0.6) is 0 Å². The van der Waals surface area contributed by atoms with Crippen LogP contribution in [-0.4, -0.2) is 52.3 Å². The monoisotopic (exact) mass is 394 g/mol. The second-order valence-corrected chi connectivity index (χ2v) is 8.54. The molecule has 7 nitrogen and oxygen atoms in total. The number of carbonyl (C=O) groups is 1. The Morgan fingerprint density at radius 3 is 2.71 bits per heavy atom. The van der Waals surface area contributed by atoms with E-state index in [4.69, 9.17) is 9.47 Å². The first-order valence-corrected chi connectivity index (χ1v) is 10.2. The number of pyridine rings is 1. The van der Waals surface area contributed by atoms with Crippen molar-refractivity contribution in [1.82, 2.24) is 0 Å². The van der Waals surface area contributed by atoms with Crippen LogP contribution >= 0.6 is 0 Å². The minimum Gasteiger partial charge on any atom is -0.458 e. The number of carbonyl (C=O) groups excluding carboxylic acids is 1. The molecule has 0 bridgehead atoms. The van der Waals surface area contributed by atoms with Gasteiger partial charge in [-0.3, -0.25) is 0 Å². The SMILES string of the molecule is CC1CCC(C(C)C)C(OC(=O)c2ccc[n+]([C@@H]3O[C@H](CO)[C@@H](O)[C@H]3O)c2)C1. The average Bonchev–Trinajstić information content (AvgIpc) is 2.96. The van der Waals surface area contributed by atoms with Crippen LogP contribution in [-0.2, 0) is 9.47 Å². The summed E-state index contributed by atoms with van der Waals surface area (Å²) in [5.74, 6) is 0.944. The van der Waals surface area contributed by atoms with Gasteiger partial charge in [-0.15, -0.1) is 0 Å². The molecule has 0 amide bonds. The molecule has 2 fully saturated rings. The first-order chi connectivity index (χ1) is 13.3. The Bertz CT molecular complexity index is 681. The fourth-order valence-electron chi connectivity index (χ4n) is 4.35. The molecule has 1 saturated carbocycles. The van der Waals surface area contributed by atoms with Gasteiger partial charge in [0.1, 0.15) is 23.9 Å². The quantitative estimate of drug-likeness (QED) is 0.513. The van der Waals surface area contributed by atoms with Gasteiger partial charge in [-0.2, -0.15) is 4.57 Å². The van der Waals surface area contributed by atoms with Gasteiger partial charge in [0, 0.05) is 6.07 Å². The van der Waals surface area contributed by atoms with Crippen molar-refractivity contribution in [2.24, 2.45) is 17.8 Å². The molecule has 2 heterocycles. The molecule has 3 unspecified atom stereocenters. The molecular formula is C21H32NO6+. The summed E-state index contributed by atoms with van der Waals surface area (Å²) in [4.78, 5) is 12.8. The molecule has 2 aliphatic rings. The van der Waals surface area contributed by atoms with Crippen molar-refractivity contribution in [3.05, 3.63) is 30.1 Å². The van der Waals surface area contributed by atoms with Crippen LogP contribution in [0.4, 0.5) is 0 Å². The van der Waals surface area contributed by atoms with Crippen molar-refractivity contribution < 1.29 is 34.2 Å². The zero-order valence-corrected chi connectivity index (χ0v) is 16.8. The predicted molar refractivity (Wildman–Crippen MR) is 100 cm³/mol. The Hall–Kier alpha value is -1.54. The molecule has 0 radical (unpaired) electrons. The van der Waals surface area contributed by atoms with Crippen LogP contribution in [0.3, 0.4) is 0 Å². The van der Waals surface area contributed by atoms with E-state index in [0.717, 1.165) is 19.3 Å². The van der Waals surface area contributed by atoms with E-state index >= 15 is 0 Å². The molecule has 7 atom stereocenters. The molecule has 7 heteroatoms. The van der Waals surface area contributed by atoms with Crippen molar-refractivity contribution in [3.63, 3.8) is 0 Å². The summed E-state index contributed by atoms with van der Waals surface area (Å²) >= 11 is 0. The lowest BCUT2D eigenvalue weighted by atomic mass is 9.75. The number of hydrogen-bond acceptors (Lipinski definition) is 6. The summed E-state index contributed by atoms with van der Waals surface area (Å²) < 4.78 is 12.9. The van der Waals surface area contributed by atoms with Crippen LogP contribution in [0.1, 0.15) is 56.6 Å². The highest BCUT2D eigenvalue weighted by atomic mass is 16.6. The number of aliphatic hydroxyl groups is 3. The average molecular weight is 394 g/mol. The Morgan fingerprint density at radius 2 is 2.07 bits per heavy atom.